The molecule has 0 radical (unpaired) electrons. The molecule has 2 N–H and O–H groups in total. The predicted molar refractivity (Wildman–Crippen MR) is 176 cm³/mol. The Balaban J connectivity index is 1.49. The van der Waals surface area contributed by atoms with E-state index in [1.54, 1.807) is 6.92 Å². The average molecular weight is 722 g/mol. The maximum absolute atomic E-state index is 17.1. The summed E-state index contributed by atoms with van der Waals surface area (Å²) in [5.41, 5.74) is 4.98. The molecule has 7 rings (SSSR count). The van der Waals surface area contributed by atoms with E-state index < -0.39 is 42.4 Å². The summed E-state index contributed by atoms with van der Waals surface area (Å²) in [6, 6.07) is 3.01. The first-order valence-corrected chi connectivity index (χ1v) is 16.6. The van der Waals surface area contributed by atoms with Gasteiger partial charge in [0.2, 0.25) is 0 Å². The molecule has 17 heteroatoms. The van der Waals surface area contributed by atoms with Crippen LogP contribution in [0, 0.1) is 23.0 Å². The molecular formula is C32H29ClF5N7O3S. The number of nitrogens with zero attached hydrogens (tertiary/aromatic N) is 6. The van der Waals surface area contributed by atoms with Gasteiger partial charge < -0.3 is 24.9 Å². The number of nitrogens with two attached hydrogens (primary N) is 1. The Kier molecular flexibility index (Phi) is 8.56. The summed E-state index contributed by atoms with van der Waals surface area (Å²) in [7, 11) is 1.30. The van der Waals surface area contributed by atoms with Crippen molar-refractivity contribution in [2.75, 3.05) is 50.6 Å². The maximum atomic E-state index is 17.1. The van der Waals surface area contributed by atoms with Crippen LogP contribution < -0.4 is 20.1 Å². The summed E-state index contributed by atoms with van der Waals surface area (Å²) in [5.74, 6) is -1.99. The van der Waals surface area contributed by atoms with Crippen molar-refractivity contribution < 1.29 is 36.3 Å². The number of oxime groups is 1. The second-order valence-electron chi connectivity index (χ2n) is 12.3. The number of nitrogen functional groups attached to an aromatic ring is 1. The zero-order chi connectivity index (χ0) is 34.8. The lowest BCUT2D eigenvalue weighted by Gasteiger charge is -2.32. The second kappa shape index (κ2) is 12.6. The molecule has 0 spiro atoms. The zero-order valence-corrected chi connectivity index (χ0v) is 27.8. The molecule has 4 aromatic rings. The van der Waals surface area contributed by atoms with Crippen molar-refractivity contribution in [3.63, 3.8) is 0 Å². The fourth-order valence-electron chi connectivity index (χ4n) is 7.35. The molecule has 0 bridgehead atoms. The monoisotopic (exact) mass is 721 g/mol. The molecule has 2 aromatic carbocycles. The third-order valence-electron chi connectivity index (χ3n) is 9.46. The Labute approximate surface area is 285 Å². The Bertz CT molecular complexity index is 2060. The van der Waals surface area contributed by atoms with Crippen molar-refractivity contribution in [3.05, 3.63) is 34.4 Å². The van der Waals surface area contributed by atoms with Crippen molar-refractivity contribution in [2.45, 2.75) is 50.4 Å². The van der Waals surface area contributed by atoms with Gasteiger partial charge in [-0.3, -0.25) is 4.90 Å². The number of ether oxygens (including phenoxy) is 2. The van der Waals surface area contributed by atoms with Crippen molar-refractivity contribution in [2.24, 2.45) is 5.16 Å². The summed E-state index contributed by atoms with van der Waals surface area (Å²) in [6.45, 7) is 1.32. The van der Waals surface area contributed by atoms with Crippen LogP contribution in [0.5, 0.6) is 11.8 Å². The molecule has 10 nitrogen and oxygen atoms in total. The Morgan fingerprint density at radius 1 is 1.31 bits per heavy atom. The largest absolute Gasteiger partial charge is 0.489 e. The highest BCUT2D eigenvalue weighted by atomic mass is 35.5. The summed E-state index contributed by atoms with van der Waals surface area (Å²) in [4.78, 5) is 17.1. The summed E-state index contributed by atoms with van der Waals surface area (Å²) < 4.78 is 87.4. The number of benzene rings is 2. The molecule has 49 heavy (non-hydrogen) atoms. The molecule has 1 unspecified atom stereocenters. The summed E-state index contributed by atoms with van der Waals surface area (Å²) in [6.07, 6.45) is -2.19. The van der Waals surface area contributed by atoms with Gasteiger partial charge in [-0.2, -0.15) is 15.2 Å². The highest BCUT2D eigenvalue weighted by Crippen LogP contribution is 2.51. The minimum atomic E-state index is -2.87. The molecule has 2 fully saturated rings. The number of fused-ring (bicyclic) bond motifs is 2. The number of halogens is 6. The van der Waals surface area contributed by atoms with Gasteiger partial charge in [0, 0.05) is 23.9 Å². The second-order valence-corrected chi connectivity index (χ2v) is 13.7. The fourth-order valence-corrected chi connectivity index (χ4v) is 8.63. The van der Waals surface area contributed by atoms with Crippen LogP contribution in [-0.4, -0.2) is 84.7 Å². The highest BCUT2D eigenvalue weighted by Gasteiger charge is 2.49. The molecule has 3 atom stereocenters. The molecule has 2 aromatic heterocycles. The molecule has 0 amide bonds. The smallest absolute Gasteiger partial charge is 0.319 e. The van der Waals surface area contributed by atoms with E-state index in [0.29, 0.717) is 13.0 Å². The Hall–Kier alpha value is -4.20. The average Bonchev–Trinajstić information content (AvgIpc) is 3.67. The van der Waals surface area contributed by atoms with Crippen LogP contribution in [0.3, 0.4) is 0 Å². The lowest BCUT2D eigenvalue weighted by molar-refractivity contribution is 0.107. The number of hydrogen-bond acceptors (Lipinski definition) is 11. The van der Waals surface area contributed by atoms with Crippen molar-refractivity contribution in [3.8, 4) is 29.0 Å². The number of anilines is 2. The van der Waals surface area contributed by atoms with Gasteiger partial charge in [0.25, 0.3) is 6.43 Å². The van der Waals surface area contributed by atoms with Crippen LogP contribution in [0.2, 0.25) is 5.02 Å². The minimum Gasteiger partial charge on any atom is -0.489 e. The van der Waals surface area contributed by atoms with Gasteiger partial charge in [0.15, 0.2) is 11.6 Å². The number of rotatable bonds is 8. The highest BCUT2D eigenvalue weighted by molar-refractivity contribution is 7.23. The van der Waals surface area contributed by atoms with Gasteiger partial charge in [-0.05, 0) is 37.9 Å². The van der Waals surface area contributed by atoms with Gasteiger partial charge in [-0.25, -0.2) is 22.0 Å². The van der Waals surface area contributed by atoms with E-state index >= 15 is 4.39 Å². The number of aromatic nitrogens is 2. The minimum absolute atomic E-state index is 0.0129. The van der Waals surface area contributed by atoms with Crippen LogP contribution in [0.25, 0.3) is 32.1 Å². The lowest BCUT2D eigenvalue weighted by atomic mass is 9.95. The van der Waals surface area contributed by atoms with Crippen molar-refractivity contribution in [1.82, 2.24) is 14.9 Å². The molecular weight excluding hydrogens is 693 g/mol. The predicted octanol–water partition coefficient (Wildman–Crippen LogP) is 6.71. The Morgan fingerprint density at radius 2 is 2.10 bits per heavy atom. The first-order valence-electron chi connectivity index (χ1n) is 15.4. The summed E-state index contributed by atoms with van der Waals surface area (Å²) >= 11 is 7.76. The number of nitriles is 1. The number of thiophene rings is 1. The Morgan fingerprint density at radius 3 is 2.84 bits per heavy atom. The first-order chi connectivity index (χ1) is 23.5. The van der Waals surface area contributed by atoms with E-state index in [1.807, 2.05) is 11.0 Å². The zero-order valence-electron chi connectivity index (χ0n) is 26.2. The molecule has 5 heterocycles. The van der Waals surface area contributed by atoms with Gasteiger partial charge in [0.1, 0.15) is 60.8 Å². The van der Waals surface area contributed by atoms with E-state index in [-0.39, 0.29) is 97.2 Å². The molecule has 258 valence electrons. The van der Waals surface area contributed by atoms with Crippen LogP contribution in [-0.2, 0) is 4.84 Å². The molecule has 0 saturated carbocycles. The standard InChI is InChI=1S/C32H29ClF5N7O3S/c1-14(43-46-2)19-12-47-27-23-26(25(38)22(24(27)33)16-4-5-18(35)28-21(16)17(9-39)29(40)49-28)41-31(42-30(23)45(19)11-20(36)37)48-13-32-6-3-7-44(32)10-15(34)8-32/h4-5,15,19-20H,3,6-8,10-13,40H2,1-2H3/b43-14+/t15-,19?,32+/m1/s1. The fraction of sp³-hybridized carbons (Fsp3) is 0.438. The van der Waals surface area contributed by atoms with E-state index in [0.717, 1.165) is 23.8 Å². The van der Waals surface area contributed by atoms with E-state index in [9.17, 15) is 22.8 Å². The van der Waals surface area contributed by atoms with E-state index in [2.05, 4.69) is 15.1 Å². The van der Waals surface area contributed by atoms with E-state index in [4.69, 9.17) is 31.6 Å². The van der Waals surface area contributed by atoms with Crippen molar-refractivity contribution in [1.29, 1.82) is 5.26 Å². The number of alkyl halides is 3. The SMILES string of the molecule is CO/N=C(\C)C1COc2c(Cl)c(-c3ccc(F)c4sc(N)c(C#N)c34)c(F)c3nc(OC[C@@]45CCCN4C[C@H](F)C5)nc(c23)N1CC(F)F. The van der Waals surface area contributed by atoms with E-state index in [1.165, 1.54) is 18.1 Å². The van der Waals surface area contributed by atoms with Crippen LogP contribution in [0.4, 0.5) is 32.8 Å². The first kappa shape index (κ1) is 33.3. The molecule has 3 aliphatic rings. The van der Waals surface area contributed by atoms with Crippen LogP contribution in [0.15, 0.2) is 17.3 Å². The van der Waals surface area contributed by atoms with Gasteiger partial charge in [-0.1, -0.05) is 22.8 Å². The molecule has 0 aliphatic carbocycles. The summed E-state index contributed by atoms with van der Waals surface area (Å²) in [5, 5.41) is 13.5. The molecule has 3 aliphatic heterocycles. The number of hydrogen-bond donors (Lipinski definition) is 1. The van der Waals surface area contributed by atoms with Crippen LogP contribution in [0.1, 0.15) is 31.7 Å². The maximum Gasteiger partial charge on any atom is 0.319 e. The van der Waals surface area contributed by atoms with Crippen molar-refractivity contribution >= 4 is 60.5 Å². The molecule has 2 saturated heterocycles. The third-order valence-corrected chi connectivity index (χ3v) is 10.8. The lowest BCUT2D eigenvalue weighted by Crippen LogP contribution is -2.46. The van der Waals surface area contributed by atoms with Gasteiger partial charge >= 0.3 is 6.01 Å². The normalized spacial score (nSPS) is 22.4. The van der Waals surface area contributed by atoms with Gasteiger partial charge in [0.05, 0.1) is 38.5 Å². The van der Waals surface area contributed by atoms with Gasteiger partial charge in [-0.15, -0.1) is 11.3 Å². The topological polar surface area (TPSA) is 122 Å². The van der Waals surface area contributed by atoms with Crippen LogP contribution >= 0.6 is 22.9 Å². The third kappa shape index (κ3) is 5.42. The quantitative estimate of drug-likeness (QED) is 0.120.